The second-order valence-corrected chi connectivity index (χ2v) is 3.54. The van der Waals surface area contributed by atoms with Crippen LogP contribution in [0.1, 0.15) is 26.2 Å². The topological polar surface area (TPSA) is 37.3 Å². The molecule has 1 N–H and O–H groups in total. The lowest BCUT2D eigenvalue weighted by molar-refractivity contribution is -0.132. The quantitative estimate of drug-likeness (QED) is 0.590. The summed E-state index contributed by atoms with van der Waals surface area (Å²) >= 11 is 5.38. The molecular weight excluding hydrogens is 212 g/mol. The van der Waals surface area contributed by atoms with E-state index < -0.39 is 5.97 Å². The summed E-state index contributed by atoms with van der Waals surface area (Å²) in [5.74, 6) is -0.0848. The molecule has 0 saturated heterocycles. The zero-order valence-electron chi connectivity index (χ0n) is 9.00. The van der Waals surface area contributed by atoms with E-state index in [2.05, 4.69) is 13.5 Å². The molecule has 1 aliphatic carbocycles. The van der Waals surface area contributed by atoms with Gasteiger partial charge in [-0.15, -0.1) is 11.6 Å². The molecule has 84 valence electrons. The highest BCUT2D eigenvalue weighted by molar-refractivity contribution is 6.17. The highest BCUT2D eigenvalue weighted by Crippen LogP contribution is 2.15. The number of allylic oxidation sites excluding steroid dienone is 3. The van der Waals surface area contributed by atoms with E-state index in [0.717, 1.165) is 5.88 Å². The Hall–Kier alpha value is -1.02. The van der Waals surface area contributed by atoms with Gasteiger partial charge in [-0.25, -0.2) is 4.79 Å². The molecule has 0 spiro atoms. The number of aliphatic carboxylic acids is 1. The molecule has 2 nitrogen and oxygen atoms in total. The largest absolute Gasteiger partial charge is 0.478 e. The lowest BCUT2D eigenvalue weighted by Crippen LogP contribution is -1.98. The molecule has 0 bridgehead atoms. The van der Waals surface area contributed by atoms with Crippen molar-refractivity contribution in [2.45, 2.75) is 26.2 Å². The van der Waals surface area contributed by atoms with E-state index in [-0.39, 0.29) is 5.57 Å². The maximum absolute atomic E-state index is 10.2. The van der Waals surface area contributed by atoms with Crippen molar-refractivity contribution in [3.05, 3.63) is 36.0 Å². The fourth-order valence-corrected chi connectivity index (χ4v) is 1.20. The van der Waals surface area contributed by atoms with Crippen LogP contribution in [-0.4, -0.2) is 17.0 Å². The molecule has 1 rings (SSSR count). The van der Waals surface area contributed by atoms with Gasteiger partial charge in [-0.1, -0.05) is 38.5 Å². The van der Waals surface area contributed by atoms with Crippen molar-refractivity contribution in [3.63, 3.8) is 0 Å². The fourth-order valence-electron chi connectivity index (χ4n) is 1.01. The van der Waals surface area contributed by atoms with E-state index in [1.165, 1.54) is 25.3 Å². The molecule has 0 aromatic heterocycles. The minimum Gasteiger partial charge on any atom is -0.478 e. The predicted octanol–water partition coefficient (Wildman–Crippen LogP) is 3.54. The molecule has 0 saturated carbocycles. The summed E-state index contributed by atoms with van der Waals surface area (Å²) in [6.07, 6.45) is 8.61. The lowest BCUT2D eigenvalue weighted by atomic mass is 10.2. The Balaban J connectivity index is 0.000000288. The number of hydrogen-bond donors (Lipinski definition) is 1. The Morgan fingerprint density at radius 1 is 1.53 bits per heavy atom. The van der Waals surface area contributed by atoms with Gasteiger partial charge >= 0.3 is 5.97 Å². The number of alkyl halides is 1. The summed E-state index contributed by atoms with van der Waals surface area (Å²) in [7, 11) is 0. The van der Waals surface area contributed by atoms with E-state index in [4.69, 9.17) is 16.7 Å². The second-order valence-electron chi connectivity index (χ2n) is 3.17. The molecule has 0 aromatic rings. The molecule has 0 fully saturated rings. The third-order valence-corrected chi connectivity index (χ3v) is 2.14. The summed E-state index contributed by atoms with van der Waals surface area (Å²) in [4.78, 5) is 10.2. The van der Waals surface area contributed by atoms with Crippen LogP contribution in [0.5, 0.6) is 0 Å². The van der Waals surface area contributed by atoms with Crippen LogP contribution < -0.4 is 0 Å². The molecular formula is C12H17ClO2. The SMILES string of the molecule is C=C1C=CC=C1C(=O)O.CCCCCCl. The molecule has 0 aromatic carbocycles. The van der Waals surface area contributed by atoms with Gasteiger partial charge < -0.3 is 5.11 Å². The lowest BCUT2D eigenvalue weighted by Gasteiger charge is -1.92. The molecule has 0 heterocycles. The Labute approximate surface area is 95.9 Å². The van der Waals surface area contributed by atoms with Crippen molar-refractivity contribution >= 4 is 17.6 Å². The molecule has 0 aliphatic heterocycles. The normalized spacial score (nSPS) is 13.2. The van der Waals surface area contributed by atoms with Crippen LogP contribution in [0.3, 0.4) is 0 Å². The number of halogens is 1. The zero-order valence-corrected chi connectivity index (χ0v) is 9.76. The maximum atomic E-state index is 10.2. The summed E-state index contributed by atoms with van der Waals surface area (Å²) in [6, 6.07) is 0. The molecule has 3 heteroatoms. The summed E-state index contributed by atoms with van der Waals surface area (Å²) in [6.45, 7) is 5.69. The number of carboxylic acid groups (broad SMARTS) is 1. The molecule has 1 aliphatic rings. The van der Waals surface area contributed by atoms with Crippen LogP contribution in [0, 0.1) is 0 Å². The van der Waals surface area contributed by atoms with Crippen LogP contribution in [0.4, 0.5) is 0 Å². The van der Waals surface area contributed by atoms with E-state index in [0.29, 0.717) is 5.57 Å². The van der Waals surface area contributed by atoms with Crippen LogP contribution in [0.15, 0.2) is 36.0 Å². The Bertz CT molecular complexity index is 273. The molecule has 0 unspecified atom stereocenters. The first-order valence-corrected chi connectivity index (χ1v) is 5.53. The zero-order chi connectivity index (χ0) is 11.7. The third-order valence-electron chi connectivity index (χ3n) is 1.87. The summed E-state index contributed by atoms with van der Waals surface area (Å²) in [5, 5.41) is 8.41. The standard InChI is InChI=1S/C7H6O2.C5H11Cl/c1-5-3-2-4-6(5)7(8)9;1-2-3-4-5-6/h2-4H,1H2,(H,8,9);2-5H2,1H3. The molecule has 0 atom stereocenters. The van der Waals surface area contributed by atoms with Crippen molar-refractivity contribution in [3.8, 4) is 0 Å². The average Bonchev–Trinajstić information content (AvgIpc) is 2.62. The smallest absolute Gasteiger partial charge is 0.336 e. The number of rotatable bonds is 4. The van der Waals surface area contributed by atoms with Crippen LogP contribution in [0.25, 0.3) is 0 Å². The highest BCUT2D eigenvalue weighted by Gasteiger charge is 2.10. The number of hydrogen-bond acceptors (Lipinski definition) is 1. The third kappa shape index (κ3) is 6.13. The summed E-state index contributed by atoms with van der Waals surface area (Å²) in [5.41, 5.74) is 0.859. The van der Waals surface area contributed by atoms with Gasteiger partial charge in [0.1, 0.15) is 0 Å². The fraction of sp³-hybridized carbons (Fsp3) is 0.417. The van der Waals surface area contributed by atoms with Crippen LogP contribution in [-0.2, 0) is 4.79 Å². The Morgan fingerprint density at radius 2 is 2.20 bits per heavy atom. The van der Waals surface area contributed by atoms with Crippen molar-refractivity contribution in [1.29, 1.82) is 0 Å². The molecule has 0 amide bonds. The van der Waals surface area contributed by atoms with Gasteiger partial charge in [-0.3, -0.25) is 0 Å². The Morgan fingerprint density at radius 3 is 2.40 bits per heavy atom. The minimum atomic E-state index is -0.912. The van der Waals surface area contributed by atoms with Gasteiger partial charge in [0, 0.05) is 5.88 Å². The average molecular weight is 229 g/mol. The maximum Gasteiger partial charge on any atom is 0.336 e. The molecule has 15 heavy (non-hydrogen) atoms. The van der Waals surface area contributed by atoms with Crippen molar-refractivity contribution in [2.75, 3.05) is 5.88 Å². The number of unbranched alkanes of at least 4 members (excludes halogenated alkanes) is 2. The van der Waals surface area contributed by atoms with Crippen molar-refractivity contribution in [1.82, 2.24) is 0 Å². The second kappa shape index (κ2) is 8.30. The number of carbonyl (C=O) groups is 1. The predicted molar refractivity (Wildman–Crippen MR) is 64.2 cm³/mol. The minimum absolute atomic E-state index is 0.287. The Kier molecular flexibility index (Phi) is 7.74. The first-order chi connectivity index (χ1) is 7.13. The monoisotopic (exact) mass is 228 g/mol. The first-order valence-electron chi connectivity index (χ1n) is 5.00. The highest BCUT2D eigenvalue weighted by atomic mass is 35.5. The van der Waals surface area contributed by atoms with Gasteiger partial charge in [-0.05, 0) is 18.1 Å². The van der Waals surface area contributed by atoms with Gasteiger partial charge in [0.05, 0.1) is 5.57 Å². The van der Waals surface area contributed by atoms with Gasteiger partial charge in [-0.2, -0.15) is 0 Å². The molecule has 0 radical (unpaired) electrons. The van der Waals surface area contributed by atoms with Crippen molar-refractivity contribution in [2.24, 2.45) is 0 Å². The van der Waals surface area contributed by atoms with Crippen LogP contribution in [0.2, 0.25) is 0 Å². The van der Waals surface area contributed by atoms with E-state index in [9.17, 15) is 4.79 Å². The van der Waals surface area contributed by atoms with Gasteiger partial charge in [0.15, 0.2) is 0 Å². The van der Waals surface area contributed by atoms with Crippen LogP contribution >= 0.6 is 11.6 Å². The van der Waals surface area contributed by atoms with Crippen molar-refractivity contribution < 1.29 is 9.90 Å². The first kappa shape index (κ1) is 14.0. The van der Waals surface area contributed by atoms with E-state index in [1.54, 1.807) is 12.2 Å². The summed E-state index contributed by atoms with van der Waals surface area (Å²) < 4.78 is 0. The van der Waals surface area contributed by atoms with E-state index >= 15 is 0 Å². The van der Waals surface area contributed by atoms with Gasteiger partial charge in [0.2, 0.25) is 0 Å². The van der Waals surface area contributed by atoms with Gasteiger partial charge in [0.25, 0.3) is 0 Å². The number of carboxylic acids is 1. The van der Waals surface area contributed by atoms with E-state index in [1.807, 2.05) is 0 Å².